The van der Waals surface area contributed by atoms with Gasteiger partial charge in [0.05, 0.1) is 11.8 Å². The van der Waals surface area contributed by atoms with Gasteiger partial charge in [-0.2, -0.15) is 0 Å². The molecule has 1 fully saturated rings. The maximum Gasteiger partial charge on any atom is 0.322 e. The van der Waals surface area contributed by atoms with Crippen LogP contribution >= 0.6 is 0 Å². The van der Waals surface area contributed by atoms with Crippen molar-refractivity contribution in [1.29, 1.82) is 0 Å². The molecule has 0 bridgehead atoms. The number of carbonyl (C=O) groups excluding carboxylic acids is 1. The number of benzene rings is 1. The van der Waals surface area contributed by atoms with Crippen molar-refractivity contribution < 1.29 is 14.3 Å². The lowest BCUT2D eigenvalue weighted by molar-refractivity contribution is 0.0463. The highest BCUT2D eigenvalue weighted by Gasteiger charge is 2.27. The molecule has 2 unspecified atom stereocenters. The number of nitrogens with one attached hydrogen (secondary N) is 1. The van der Waals surface area contributed by atoms with Crippen LogP contribution in [0.5, 0.6) is 0 Å². The molecule has 1 saturated heterocycles. The number of likely N-dealkylation sites (tertiary alicyclic amines) is 1. The monoisotopic (exact) mass is 317 g/mol. The number of piperidine rings is 1. The molecule has 23 heavy (non-hydrogen) atoms. The van der Waals surface area contributed by atoms with Crippen molar-refractivity contribution in [2.24, 2.45) is 5.92 Å². The summed E-state index contributed by atoms with van der Waals surface area (Å²) >= 11 is 0. The van der Waals surface area contributed by atoms with E-state index in [1.807, 2.05) is 36.0 Å². The van der Waals surface area contributed by atoms with E-state index in [4.69, 9.17) is 0 Å². The minimum atomic E-state index is -0.537. The molecule has 0 radical (unpaired) electrons. The van der Waals surface area contributed by atoms with Crippen molar-refractivity contribution in [3.63, 3.8) is 0 Å². The van der Waals surface area contributed by atoms with Crippen molar-refractivity contribution >= 4 is 11.7 Å². The minimum Gasteiger partial charge on any atom is -0.391 e. The molecule has 1 aliphatic heterocycles. The number of aliphatic hydroxyl groups excluding tert-OH is 1. The van der Waals surface area contributed by atoms with Crippen molar-refractivity contribution in [1.82, 2.24) is 9.47 Å². The van der Waals surface area contributed by atoms with Crippen molar-refractivity contribution in [3.8, 4) is 5.69 Å². The van der Waals surface area contributed by atoms with Gasteiger partial charge in [0.25, 0.3) is 0 Å². The normalized spacial score (nSPS) is 21.3. The Morgan fingerprint density at radius 2 is 2.09 bits per heavy atom. The third-order valence-corrected chi connectivity index (χ3v) is 4.30. The van der Waals surface area contributed by atoms with Gasteiger partial charge >= 0.3 is 6.03 Å². The first-order chi connectivity index (χ1) is 11.0. The van der Waals surface area contributed by atoms with Crippen LogP contribution in [0.1, 0.15) is 13.3 Å². The highest BCUT2D eigenvalue weighted by atomic mass is 19.1. The van der Waals surface area contributed by atoms with Gasteiger partial charge in [-0.25, -0.2) is 9.18 Å². The molecule has 122 valence electrons. The van der Waals surface area contributed by atoms with E-state index in [0.717, 1.165) is 12.1 Å². The molecule has 1 aromatic carbocycles. The largest absolute Gasteiger partial charge is 0.391 e. The molecule has 2 aromatic rings. The smallest absolute Gasteiger partial charge is 0.322 e. The van der Waals surface area contributed by atoms with E-state index in [0.29, 0.717) is 6.54 Å². The molecule has 2 heterocycles. The number of hydrogen-bond acceptors (Lipinski definition) is 2. The van der Waals surface area contributed by atoms with E-state index in [1.54, 1.807) is 12.1 Å². The van der Waals surface area contributed by atoms with Crippen LogP contribution < -0.4 is 5.32 Å². The third-order valence-electron chi connectivity index (χ3n) is 4.30. The van der Waals surface area contributed by atoms with Gasteiger partial charge in [0.2, 0.25) is 0 Å². The zero-order valence-electron chi connectivity index (χ0n) is 12.9. The first-order valence-electron chi connectivity index (χ1n) is 7.71. The van der Waals surface area contributed by atoms with Crippen molar-refractivity contribution in [3.05, 3.63) is 48.5 Å². The fraction of sp³-hybridized carbons (Fsp3) is 0.353. The summed E-state index contributed by atoms with van der Waals surface area (Å²) < 4.78 is 15.8. The number of amides is 2. The quantitative estimate of drug-likeness (QED) is 0.895. The van der Waals surface area contributed by atoms with E-state index in [-0.39, 0.29) is 24.2 Å². The van der Waals surface area contributed by atoms with Gasteiger partial charge in [0, 0.05) is 31.2 Å². The van der Waals surface area contributed by atoms with E-state index < -0.39 is 11.9 Å². The summed E-state index contributed by atoms with van der Waals surface area (Å²) in [6.45, 7) is 2.79. The maximum atomic E-state index is 14.0. The van der Waals surface area contributed by atoms with Crippen LogP contribution in [-0.4, -0.2) is 39.8 Å². The predicted octanol–water partition coefficient (Wildman–Crippen LogP) is 2.85. The zero-order valence-corrected chi connectivity index (χ0v) is 12.9. The van der Waals surface area contributed by atoms with Crippen LogP contribution in [0, 0.1) is 11.7 Å². The Balaban J connectivity index is 1.74. The number of halogens is 1. The molecule has 1 aromatic heterocycles. The van der Waals surface area contributed by atoms with Gasteiger partial charge in [-0.3, -0.25) is 0 Å². The lowest BCUT2D eigenvalue weighted by Gasteiger charge is -2.34. The molecule has 6 heteroatoms. The summed E-state index contributed by atoms with van der Waals surface area (Å²) in [5, 5.41) is 12.5. The number of nitrogens with zero attached hydrogens (tertiary/aromatic N) is 2. The van der Waals surface area contributed by atoms with Crippen LogP contribution in [0.15, 0.2) is 42.7 Å². The fourth-order valence-electron chi connectivity index (χ4n) is 2.70. The number of anilines is 1. The lowest BCUT2D eigenvalue weighted by atomic mass is 9.96. The number of hydrogen-bond donors (Lipinski definition) is 2. The second-order valence-electron chi connectivity index (χ2n) is 5.96. The Kier molecular flexibility index (Phi) is 4.34. The van der Waals surface area contributed by atoms with Crippen LogP contribution in [0.4, 0.5) is 14.9 Å². The summed E-state index contributed by atoms with van der Waals surface area (Å²) in [6.07, 6.45) is 3.90. The Bertz CT molecular complexity index is 687. The molecule has 1 aliphatic rings. The number of rotatable bonds is 2. The summed E-state index contributed by atoms with van der Waals surface area (Å²) in [6, 6.07) is 7.93. The maximum absolute atomic E-state index is 14.0. The predicted molar refractivity (Wildman–Crippen MR) is 86.1 cm³/mol. The Morgan fingerprint density at radius 1 is 1.35 bits per heavy atom. The van der Waals surface area contributed by atoms with Gasteiger partial charge in [0.15, 0.2) is 0 Å². The van der Waals surface area contributed by atoms with Crippen LogP contribution in [0.25, 0.3) is 5.69 Å². The molecule has 0 aliphatic carbocycles. The van der Waals surface area contributed by atoms with Gasteiger partial charge in [0.1, 0.15) is 5.82 Å². The molecule has 0 saturated carbocycles. The number of aromatic nitrogens is 1. The van der Waals surface area contributed by atoms with Crippen LogP contribution in [-0.2, 0) is 0 Å². The van der Waals surface area contributed by atoms with Gasteiger partial charge < -0.3 is 19.9 Å². The second kappa shape index (κ2) is 6.42. The molecule has 3 rings (SSSR count). The van der Waals surface area contributed by atoms with Crippen molar-refractivity contribution in [2.75, 3.05) is 18.4 Å². The Hall–Kier alpha value is -2.34. The molecule has 0 spiro atoms. The number of carbonyl (C=O) groups is 1. The van der Waals surface area contributed by atoms with E-state index in [9.17, 15) is 14.3 Å². The first-order valence-corrected chi connectivity index (χ1v) is 7.71. The molecule has 2 amide bonds. The molecule has 5 nitrogen and oxygen atoms in total. The van der Waals surface area contributed by atoms with Crippen LogP contribution in [0.2, 0.25) is 0 Å². The summed E-state index contributed by atoms with van der Waals surface area (Å²) in [7, 11) is 0. The SMILES string of the molecule is CC1CCN(C(=O)Nc2cc(-n3cccc3)ccc2F)CC1O. The number of aliphatic hydroxyl groups is 1. The fourth-order valence-corrected chi connectivity index (χ4v) is 2.70. The topological polar surface area (TPSA) is 57.5 Å². The third kappa shape index (κ3) is 3.37. The zero-order chi connectivity index (χ0) is 16.4. The molecule has 2 atom stereocenters. The second-order valence-corrected chi connectivity index (χ2v) is 5.96. The van der Waals surface area contributed by atoms with Gasteiger partial charge in [-0.1, -0.05) is 6.92 Å². The summed E-state index contributed by atoms with van der Waals surface area (Å²) in [5.41, 5.74) is 0.897. The van der Waals surface area contributed by atoms with Gasteiger partial charge in [-0.05, 0) is 42.7 Å². The average molecular weight is 317 g/mol. The average Bonchev–Trinajstić information content (AvgIpc) is 3.06. The Morgan fingerprint density at radius 3 is 2.78 bits per heavy atom. The Labute approximate surface area is 134 Å². The van der Waals surface area contributed by atoms with E-state index >= 15 is 0 Å². The van der Waals surface area contributed by atoms with E-state index in [2.05, 4.69) is 5.32 Å². The van der Waals surface area contributed by atoms with Crippen LogP contribution in [0.3, 0.4) is 0 Å². The van der Waals surface area contributed by atoms with Gasteiger partial charge in [-0.15, -0.1) is 0 Å². The first kappa shape index (κ1) is 15.6. The van der Waals surface area contributed by atoms with Crippen molar-refractivity contribution in [2.45, 2.75) is 19.4 Å². The molecular formula is C17H20FN3O2. The summed E-state index contributed by atoms with van der Waals surface area (Å²) in [4.78, 5) is 13.8. The highest BCUT2D eigenvalue weighted by Crippen LogP contribution is 2.21. The highest BCUT2D eigenvalue weighted by molar-refractivity contribution is 5.89. The lowest BCUT2D eigenvalue weighted by Crippen LogP contribution is -2.47. The standard InChI is InChI=1S/C17H20FN3O2/c1-12-6-9-21(11-16(12)22)17(23)19-15-10-13(4-5-14(15)18)20-7-2-3-8-20/h2-5,7-8,10,12,16,22H,6,9,11H2,1H3,(H,19,23). The summed E-state index contributed by atoms with van der Waals surface area (Å²) in [5.74, 6) is -0.312. The molecule has 2 N–H and O–H groups in total. The van der Waals surface area contributed by atoms with E-state index in [1.165, 1.54) is 11.0 Å². The number of urea groups is 1. The molecular weight excluding hydrogens is 297 g/mol. The number of β-amino-alcohol motifs (C(OH)–C–C–N with tert-alkyl or cyclic N) is 1. The minimum absolute atomic E-state index is 0.134.